The van der Waals surface area contributed by atoms with Gasteiger partial charge in [0.1, 0.15) is 11.5 Å². The van der Waals surface area contributed by atoms with E-state index in [-0.39, 0.29) is 29.4 Å². The zero-order chi connectivity index (χ0) is 30.5. The van der Waals surface area contributed by atoms with Gasteiger partial charge >= 0.3 is 0 Å². The highest BCUT2D eigenvalue weighted by Crippen LogP contribution is 2.19. The van der Waals surface area contributed by atoms with Gasteiger partial charge in [-0.05, 0) is 49.3 Å². The van der Waals surface area contributed by atoms with Gasteiger partial charge in [-0.15, -0.1) is 0 Å². The second kappa shape index (κ2) is 13.1. The number of benzene rings is 2. The Morgan fingerprint density at radius 2 is 1.63 bits per heavy atom. The average Bonchev–Trinajstić information content (AvgIpc) is 2.75. The van der Waals surface area contributed by atoms with Crippen LogP contribution in [0.5, 0.6) is 11.5 Å². The number of hydrogen-bond acceptors (Lipinski definition) is 7. The lowest BCUT2D eigenvalue weighted by atomic mass is 10.1. The number of methoxy groups -OCH3 is 1. The Morgan fingerprint density at radius 3 is 2.19 bits per heavy atom. The van der Waals surface area contributed by atoms with Gasteiger partial charge < -0.3 is 35.4 Å². The van der Waals surface area contributed by atoms with E-state index < -0.39 is 39.1 Å². The Bertz CT molecular complexity index is 1080. The second-order valence-corrected chi connectivity index (χ2v) is 4.83. The Hall–Kier alpha value is -2.16. The van der Waals surface area contributed by atoms with Gasteiger partial charge in [0.2, 0.25) is 0 Å². The molecule has 2 aromatic rings. The maximum atomic E-state index is 10.1. The van der Waals surface area contributed by atoms with Gasteiger partial charge in [0, 0.05) is 33.8 Å². The van der Waals surface area contributed by atoms with Crippen LogP contribution in [0, 0.1) is 0 Å². The van der Waals surface area contributed by atoms with Gasteiger partial charge in [0.25, 0.3) is 0 Å². The Labute approximate surface area is 177 Å². The summed E-state index contributed by atoms with van der Waals surface area (Å²) >= 11 is 0. The first-order valence-electron chi connectivity index (χ1n) is 13.5. The van der Waals surface area contributed by atoms with E-state index in [1.54, 1.807) is 10.6 Å². The van der Waals surface area contributed by atoms with Gasteiger partial charge in [0.15, 0.2) is 6.79 Å². The molecule has 0 amide bonds. The summed E-state index contributed by atoms with van der Waals surface area (Å²) in [5.74, 6) is -0.00688. The van der Waals surface area contributed by atoms with Crippen molar-refractivity contribution in [2.75, 3.05) is 40.8 Å². The van der Waals surface area contributed by atoms with E-state index in [9.17, 15) is 15.3 Å². The van der Waals surface area contributed by atoms with Crippen molar-refractivity contribution in [3.05, 3.63) is 59.7 Å². The lowest BCUT2D eigenvalue weighted by molar-refractivity contribution is 0.0508. The molecule has 0 radical (unpaired) electrons. The molecule has 0 heterocycles. The number of rotatable bonds is 9. The van der Waals surface area contributed by atoms with Crippen molar-refractivity contribution in [2.24, 2.45) is 0 Å². The van der Waals surface area contributed by atoms with Gasteiger partial charge in [-0.2, -0.15) is 0 Å². The number of nitrogens with one attached hydrogen (secondary N) is 2. The fourth-order valence-corrected chi connectivity index (χ4v) is 1.78. The number of phenolic OH excluding ortho intramolecular Hbond substituents is 1. The Kier molecular flexibility index (Phi) is 5.04. The zero-order valence-electron chi connectivity index (χ0n) is 26.5. The van der Waals surface area contributed by atoms with Crippen LogP contribution in [-0.2, 0) is 4.74 Å². The Morgan fingerprint density at radius 1 is 1.04 bits per heavy atom. The molecule has 0 bridgehead atoms. The maximum absolute atomic E-state index is 10.1. The first-order valence-corrected chi connectivity index (χ1v) is 7.50. The lowest BCUT2D eigenvalue weighted by Crippen LogP contribution is -2.16. The van der Waals surface area contributed by atoms with E-state index in [0.29, 0.717) is 0 Å². The summed E-state index contributed by atoms with van der Waals surface area (Å²) in [7, 11) is 1.42. The zero-order valence-corrected chi connectivity index (χ0v) is 14.5. The summed E-state index contributed by atoms with van der Waals surface area (Å²) in [6, 6.07) is 10.3. The van der Waals surface area contributed by atoms with Gasteiger partial charge in [-0.3, -0.25) is 0 Å². The fraction of sp³-hybridized carbons (Fsp3) is 0.400. The number of ether oxygens (including phenoxy) is 2. The quantitative estimate of drug-likeness (QED) is 0.414. The normalized spacial score (nSPS) is 23.5. The molecule has 2 atom stereocenters. The van der Waals surface area contributed by atoms with E-state index in [4.69, 9.17) is 25.9 Å². The number of likely N-dealkylation sites (N-methyl/N-ethyl adjacent to an activating group) is 2. The smallest absolute Gasteiger partial charge is 0.188 e. The number of aromatic hydroxyl groups is 1. The predicted octanol–water partition coefficient (Wildman–Crippen LogP) is 1.57. The molecule has 7 nitrogen and oxygen atoms in total. The van der Waals surface area contributed by atoms with Crippen LogP contribution >= 0.6 is 0 Å². The third-order valence-electron chi connectivity index (χ3n) is 2.93. The minimum atomic E-state index is -2.92. The summed E-state index contributed by atoms with van der Waals surface area (Å²) in [5, 5.41) is 32.4. The van der Waals surface area contributed by atoms with Gasteiger partial charge in [0.05, 0.1) is 14.9 Å². The largest absolute Gasteiger partial charge is 0.508 e. The van der Waals surface area contributed by atoms with Crippen molar-refractivity contribution >= 4 is 0 Å². The molecule has 2 unspecified atom stereocenters. The molecule has 0 saturated carbocycles. The van der Waals surface area contributed by atoms with Crippen molar-refractivity contribution in [1.82, 2.24) is 10.6 Å². The highest BCUT2D eigenvalue weighted by molar-refractivity contribution is 5.30. The monoisotopic (exact) mass is 390 g/mol. The number of phenols is 1. The van der Waals surface area contributed by atoms with Crippen molar-refractivity contribution in [2.45, 2.75) is 12.2 Å². The summed E-state index contributed by atoms with van der Waals surface area (Å²) in [6.07, 6.45) is -5.69. The first kappa shape index (κ1) is 10.4. The standard InChI is InChI=1S/C11H17NO3.C9H13NO2/c1-12-7-11(13)9-4-3-5-10(6-9)15-8-14-2;1-10-6-9(12)7-3-2-4-8(11)5-7/h3-6,11-13H,7-8H2,1-2H3;2-5,9-12H,6H2,1H3/i1D3,7D2,11D;1D3,6D2,9D. The maximum Gasteiger partial charge on any atom is 0.188 e. The average molecular weight is 391 g/mol. The van der Waals surface area contributed by atoms with Crippen LogP contribution in [0.25, 0.3) is 0 Å². The second-order valence-electron chi connectivity index (χ2n) is 4.83. The highest BCUT2D eigenvalue weighted by Gasteiger charge is 2.07. The van der Waals surface area contributed by atoms with E-state index in [1.807, 2.05) is 0 Å². The summed E-state index contributed by atoms with van der Waals surface area (Å²) in [5.41, 5.74) is -0.415. The molecule has 150 valence electrons. The molecular weight excluding hydrogens is 348 g/mol. The fourth-order valence-electron chi connectivity index (χ4n) is 1.78. The van der Waals surface area contributed by atoms with E-state index >= 15 is 0 Å². The lowest BCUT2D eigenvalue weighted by Gasteiger charge is -2.12. The van der Waals surface area contributed by atoms with Crippen LogP contribution in [0.15, 0.2) is 48.5 Å². The predicted molar refractivity (Wildman–Crippen MR) is 105 cm³/mol. The van der Waals surface area contributed by atoms with Gasteiger partial charge in [-0.1, -0.05) is 24.3 Å². The van der Waals surface area contributed by atoms with Crippen LogP contribution in [0.3, 0.4) is 0 Å². The van der Waals surface area contributed by atoms with Crippen LogP contribution in [-0.4, -0.2) is 56.2 Å². The molecule has 0 spiro atoms. The molecule has 27 heavy (non-hydrogen) atoms. The molecule has 0 aliphatic carbocycles. The minimum Gasteiger partial charge on any atom is -0.508 e. The van der Waals surface area contributed by atoms with Crippen LogP contribution < -0.4 is 15.4 Å². The van der Waals surface area contributed by atoms with Crippen LogP contribution in [0.1, 0.15) is 39.7 Å². The van der Waals surface area contributed by atoms with Crippen LogP contribution in [0.2, 0.25) is 0 Å². The summed E-state index contributed by atoms with van der Waals surface area (Å²) in [4.78, 5) is 0. The number of hydrogen-bond donors (Lipinski definition) is 5. The highest BCUT2D eigenvalue weighted by atomic mass is 16.7. The van der Waals surface area contributed by atoms with Crippen molar-refractivity contribution in [3.63, 3.8) is 0 Å². The van der Waals surface area contributed by atoms with Crippen molar-refractivity contribution in [3.8, 4) is 11.5 Å². The third-order valence-corrected chi connectivity index (χ3v) is 2.93. The molecule has 2 aromatic carbocycles. The Balaban J connectivity index is 0.000000395. The molecule has 5 N–H and O–H groups in total. The molecule has 0 aliphatic rings. The van der Waals surface area contributed by atoms with E-state index in [1.165, 1.54) is 49.6 Å². The minimum absolute atomic E-state index is 0.0553. The van der Waals surface area contributed by atoms with Crippen molar-refractivity contribution in [1.29, 1.82) is 0 Å². The molecule has 0 saturated heterocycles. The van der Waals surface area contributed by atoms with Gasteiger partial charge in [-0.25, -0.2) is 0 Å². The first-order chi connectivity index (χ1) is 17.5. The van der Waals surface area contributed by atoms with E-state index in [0.717, 1.165) is 6.07 Å². The molecular formula is C20H30N2O5. The topological polar surface area (TPSA) is 103 Å². The SMILES string of the molecule is [2H]C([2H])([2H])NC([2H])([2H])C([2H])(O)c1cccc(O)c1.[2H]C([2H])([2H])NC([2H])([2H])C([2H])(O)c1cccc(OCOC)c1. The number of aliphatic hydroxyl groups is 2. The van der Waals surface area contributed by atoms with Crippen molar-refractivity contribution < 1.29 is 41.2 Å². The molecule has 0 aliphatic heterocycles. The van der Waals surface area contributed by atoms with E-state index in [2.05, 4.69) is 0 Å². The van der Waals surface area contributed by atoms with Crippen LogP contribution in [0.4, 0.5) is 0 Å². The molecule has 7 heteroatoms. The summed E-state index contributed by atoms with van der Waals surface area (Å²) < 4.78 is 97.2. The summed E-state index contributed by atoms with van der Waals surface area (Å²) in [6.45, 7) is -11.6. The molecule has 0 aromatic heterocycles. The molecule has 2 rings (SSSR count). The molecule has 0 fully saturated rings. The third kappa shape index (κ3) is 8.85.